The van der Waals surface area contributed by atoms with Gasteiger partial charge in [-0.05, 0) is 41.5 Å². The van der Waals surface area contributed by atoms with Crippen LogP contribution >= 0.6 is 27.5 Å². The lowest BCUT2D eigenvalue weighted by atomic mass is 9.99. The van der Waals surface area contributed by atoms with Crippen molar-refractivity contribution in [3.63, 3.8) is 0 Å². The largest absolute Gasteiger partial charge is 0.497 e. The van der Waals surface area contributed by atoms with E-state index in [4.69, 9.17) is 22.2 Å². The number of methoxy groups -OCH3 is 1. The molecule has 0 amide bonds. The summed E-state index contributed by atoms with van der Waals surface area (Å²) in [6.45, 7) is 0. The molecule has 0 aliphatic heterocycles. The molecule has 3 nitrogen and oxygen atoms in total. The first kappa shape index (κ1) is 14.3. The van der Waals surface area contributed by atoms with Crippen LogP contribution in [-0.4, -0.2) is 7.11 Å². The number of benzene rings is 2. The third-order valence-corrected chi connectivity index (χ3v) is 3.51. The molecule has 0 aromatic heterocycles. The average Bonchev–Trinajstić information content (AvgIpc) is 2.39. The summed E-state index contributed by atoms with van der Waals surface area (Å²) in [6.07, 6.45) is 0. The molecule has 0 spiro atoms. The van der Waals surface area contributed by atoms with E-state index in [0.29, 0.717) is 5.02 Å². The van der Waals surface area contributed by atoms with Crippen LogP contribution in [0, 0.1) is 0 Å². The number of nitrogens with two attached hydrogens (primary N) is 1. The minimum absolute atomic E-state index is 0.124. The molecule has 19 heavy (non-hydrogen) atoms. The Morgan fingerprint density at radius 3 is 2.37 bits per heavy atom. The second kappa shape index (κ2) is 6.39. The number of hydrazine groups is 1. The van der Waals surface area contributed by atoms with Crippen LogP contribution in [-0.2, 0) is 0 Å². The summed E-state index contributed by atoms with van der Waals surface area (Å²) in [6, 6.07) is 13.3. The smallest absolute Gasteiger partial charge is 0.118 e. The lowest BCUT2D eigenvalue weighted by Gasteiger charge is -2.18. The zero-order valence-corrected chi connectivity index (χ0v) is 12.7. The van der Waals surface area contributed by atoms with E-state index in [1.54, 1.807) is 7.11 Å². The molecule has 0 radical (unpaired) electrons. The predicted octanol–water partition coefficient (Wildman–Crippen LogP) is 3.66. The predicted molar refractivity (Wildman–Crippen MR) is 81.3 cm³/mol. The van der Waals surface area contributed by atoms with Crippen LogP contribution in [0.25, 0.3) is 0 Å². The minimum atomic E-state index is -0.124. The average molecular weight is 342 g/mol. The monoisotopic (exact) mass is 340 g/mol. The second-order valence-corrected chi connectivity index (χ2v) is 5.43. The molecule has 1 atom stereocenters. The van der Waals surface area contributed by atoms with Gasteiger partial charge in [-0.3, -0.25) is 5.84 Å². The van der Waals surface area contributed by atoms with Gasteiger partial charge in [0.25, 0.3) is 0 Å². The Morgan fingerprint density at radius 1 is 1.16 bits per heavy atom. The fourth-order valence-corrected chi connectivity index (χ4v) is 2.81. The first-order valence-electron chi connectivity index (χ1n) is 5.70. The number of hydrogen-bond acceptors (Lipinski definition) is 3. The molecular weight excluding hydrogens is 328 g/mol. The van der Waals surface area contributed by atoms with Gasteiger partial charge >= 0.3 is 0 Å². The molecular formula is C14H14BrClN2O. The van der Waals surface area contributed by atoms with Crippen molar-refractivity contribution in [2.75, 3.05) is 7.11 Å². The first-order chi connectivity index (χ1) is 9.13. The Bertz CT molecular complexity index is 540. The van der Waals surface area contributed by atoms with Crippen molar-refractivity contribution in [1.29, 1.82) is 0 Å². The zero-order chi connectivity index (χ0) is 13.8. The number of nitrogens with one attached hydrogen (secondary N) is 1. The van der Waals surface area contributed by atoms with E-state index in [2.05, 4.69) is 21.4 Å². The Balaban J connectivity index is 2.37. The van der Waals surface area contributed by atoms with Gasteiger partial charge in [0.2, 0.25) is 0 Å². The van der Waals surface area contributed by atoms with E-state index in [1.165, 1.54) is 0 Å². The highest BCUT2D eigenvalue weighted by Crippen LogP contribution is 2.28. The Hall–Kier alpha value is -1.07. The van der Waals surface area contributed by atoms with Gasteiger partial charge in [0, 0.05) is 9.50 Å². The fourth-order valence-electron chi connectivity index (χ4n) is 1.92. The highest BCUT2D eigenvalue weighted by Gasteiger charge is 2.13. The highest BCUT2D eigenvalue weighted by atomic mass is 79.9. The van der Waals surface area contributed by atoms with Crippen molar-refractivity contribution in [2.24, 2.45) is 5.84 Å². The normalized spacial score (nSPS) is 12.2. The molecule has 0 heterocycles. The van der Waals surface area contributed by atoms with Crippen LogP contribution in [0.4, 0.5) is 0 Å². The van der Waals surface area contributed by atoms with Gasteiger partial charge in [0.1, 0.15) is 5.75 Å². The Morgan fingerprint density at radius 2 is 1.84 bits per heavy atom. The van der Waals surface area contributed by atoms with Crippen LogP contribution in [0.5, 0.6) is 5.75 Å². The molecule has 3 N–H and O–H groups in total. The molecule has 2 rings (SSSR count). The SMILES string of the molecule is COc1ccc(C(NN)c2cc(Cl)cc(Br)c2)cc1. The van der Waals surface area contributed by atoms with E-state index in [0.717, 1.165) is 21.3 Å². The van der Waals surface area contributed by atoms with Crippen molar-refractivity contribution >= 4 is 27.5 Å². The van der Waals surface area contributed by atoms with Crippen molar-refractivity contribution in [3.8, 4) is 5.75 Å². The van der Waals surface area contributed by atoms with Gasteiger partial charge in [0.05, 0.1) is 13.2 Å². The summed E-state index contributed by atoms with van der Waals surface area (Å²) in [5.41, 5.74) is 4.84. The second-order valence-electron chi connectivity index (χ2n) is 4.08. The summed E-state index contributed by atoms with van der Waals surface area (Å²) in [5.74, 6) is 6.48. The van der Waals surface area contributed by atoms with E-state index >= 15 is 0 Å². The molecule has 100 valence electrons. The van der Waals surface area contributed by atoms with E-state index in [1.807, 2.05) is 42.5 Å². The van der Waals surface area contributed by atoms with Crippen LogP contribution < -0.4 is 16.0 Å². The summed E-state index contributed by atoms with van der Waals surface area (Å²) < 4.78 is 6.07. The van der Waals surface area contributed by atoms with Crippen molar-refractivity contribution in [3.05, 3.63) is 63.1 Å². The summed E-state index contributed by atoms with van der Waals surface area (Å²) in [4.78, 5) is 0. The quantitative estimate of drug-likeness (QED) is 0.659. The third-order valence-electron chi connectivity index (χ3n) is 2.83. The molecule has 0 aliphatic carbocycles. The van der Waals surface area contributed by atoms with Crippen LogP contribution in [0.1, 0.15) is 17.2 Å². The molecule has 2 aromatic carbocycles. The van der Waals surface area contributed by atoms with Crippen molar-refractivity contribution in [1.82, 2.24) is 5.43 Å². The van der Waals surface area contributed by atoms with Gasteiger partial charge in [0.15, 0.2) is 0 Å². The van der Waals surface area contributed by atoms with E-state index in [9.17, 15) is 0 Å². The van der Waals surface area contributed by atoms with Gasteiger partial charge in [-0.2, -0.15) is 0 Å². The number of ether oxygens (including phenoxy) is 1. The highest BCUT2D eigenvalue weighted by molar-refractivity contribution is 9.10. The molecule has 1 unspecified atom stereocenters. The standard InChI is InChI=1S/C14H14BrClN2O/c1-19-13-4-2-9(3-5-13)14(18-17)10-6-11(15)8-12(16)7-10/h2-8,14,18H,17H2,1H3. The summed E-state index contributed by atoms with van der Waals surface area (Å²) in [5, 5.41) is 0.665. The molecule has 0 bridgehead atoms. The lowest BCUT2D eigenvalue weighted by Crippen LogP contribution is -2.28. The number of hydrogen-bond donors (Lipinski definition) is 2. The molecule has 0 saturated carbocycles. The molecule has 5 heteroatoms. The zero-order valence-electron chi connectivity index (χ0n) is 10.4. The topological polar surface area (TPSA) is 47.3 Å². The van der Waals surface area contributed by atoms with Crippen molar-refractivity contribution < 1.29 is 4.74 Å². The maximum absolute atomic E-state index is 6.07. The van der Waals surface area contributed by atoms with Crippen molar-refractivity contribution in [2.45, 2.75) is 6.04 Å². The van der Waals surface area contributed by atoms with Crippen LogP contribution in [0.15, 0.2) is 46.9 Å². The third kappa shape index (κ3) is 3.48. The fraction of sp³-hybridized carbons (Fsp3) is 0.143. The minimum Gasteiger partial charge on any atom is -0.497 e. The summed E-state index contributed by atoms with van der Waals surface area (Å²) in [7, 11) is 1.64. The van der Waals surface area contributed by atoms with Crippen LogP contribution in [0.2, 0.25) is 5.02 Å². The van der Waals surface area contributed by atoms with E-state index in [-0.39, 0.29) is 6.04 Å². The Labute approximate surface area is 125 Å². The van der Waals surface area contributed by atoms with Gasteiger partial charge in [-0.15, -0.1) is 0 Å². The summed E-state index contributed by atoms with van der Waals surface area (Å²) >= 11 is 9.50. The maximum atomic E-state index is 6.07. The molecule has 0 fully saturated rings. The van der Waals surface area contributed by atoms with Crippen LogP contribution in [0.3, 0.4) is 0 Å². The first-order valence-corrected chi connectivity index (χ1v) is 6.87. The molecule has 0 saturated heterocycles. The lowest BCUT2D eigenvalue weighted by molar-refractivity contribution is 0.414. The molecule has 0 aliphatic rings. The maximum Gasteiger partial charge on any atom is 0.118 e. The van der Waals surface area contributed by atoms with Gasteiger partial charge < -0.3 is 4.74 Å². The number of halogens is 2. The number of rotatable bonds is 4. The Kier molecular flexibility index (Phi) is 4.82. The van der Waals surface area contributed by atoms with Gasteiger partial charge in [-0.25, -0.2) is 5.43 Å². The molecule has 2 aromatic rings. The van der Waals surface area contributed by atoms with E-state index < -0.39 is 0 Å². The van der Waals surface area contributed by atoms with Gasteiger partial charge in [-0.1, -0.05) is 39.7 Å².